The molecule has 5 nitrogen and oxygen atoms in total. The summed E-state index contributed by atoms with van der Waals surface area (Å²) in [5, 5.41) is 7.55. The lowest BCUT2D eigenvalue weighted by atomic mass is 10.2. The Kier molecular flexibility index (Phi) is 4.55. The highest BCUT2D eigenvalue weighted by atomic mass is 35.5. The van der Waals surface area contributed by atoms with Crippen LogP contribution >= 0.6 is 23.2 Å². The summed E-state index contributed by atoms with van der Waals surface area (Å²) >= 11 is 12.1. The van der Waals surface area contributed by atoms with E-state index >= 15 is 0 Å². The van der Waals surface area contributed by atoms with Crippen molar-refractivity contribution >= 4 is 34.7 Å². The van der Waals surface area contributed by atoms with E-state index in [2.05, 4.69) is 20.6 Å². The van der Waals surface area contributed by atoms with Crippen LogP contribution in [-0.2, 0) is 4.74 Å². The van der Waals surface area contributed by atoms with Crippen molar-refractivity contribution in [2.24, 2.45) is 0 Å². The van der Waals surface area contributed by atoms with Crippen LogP contribution in [-0.4, -0.2) is 29.7 Å². The Morgan fingerprint density at radius 3 is 2.81 bits per heavy atom. The van der Waals surface area contributed by atoms with E-state index in [0.717, 1.165) is 24.5 Å². The lowest BCUT2D eigenvalue weighted by Crippen LogP contribution is -2.33. The van der Waals surface area contributed by atoms with Gasteiger partial charge < -0.3 is 15.4 Å². The number of aromatic nitrogens is 2. The summed E-state index contributed by atoms with van der Waals surface area (Å²) in [6, 6.07) is 5.37. The predicted octanol–water partition coefficient (Wildman–Crippen LogP) is 3.19. The Bertz CT molecular complexity index is 615. The predicted molar refractivity (Wildman–Crippen MR) is 83.3 cm³/mol. The highest BCUT2D eigenvalue weighted by Gasteiger charge is 2.20. The van der Waals surface area contributed by atoms with E-state index < -0.39 is 0 Å². The Labute approximate surface area is 132 Å². The quantitative estimate of drug-likeness (QED) is 0.908. The molecule has 7 heteroatoms. The number of morpholine rings is 1. The summed E-state index contributed by atoms with van der Waals surface area (Å²) in [7, 11) is 0. The molecule has 0 spiro atoms. The summed E-state index contributed by atoms with van der Waals surface area (Å²) < 4.78 is 5.66. The maximum absolute atomic E-state index is 6.30. The monoisotopic (exact) mass is 324 g/mol. The Hall–Kier alpha value is -1.40. The maximum atomic E-state index is 6.30. The van der Waals surface area contributed by atoms with Crippen molar-refractivity contribution in [3.05, 3.63) is 46.3 Å². The van der Waals surface area contributed by atoms with E-state index in [1.54, 1.807) is 24.5 Å². The van der Waals surface area contributed by atoms with Crippen LogP contribution in [0.2, 0.25) is 10.0 Å². The fourth-order valence-electron chi connectivity index (χ4n) is 2.09. The van der Waals surface area contributed by atoms with E-state index in [1.165, 1.54) is 0 Å². The number of halogens is 2. The van der Waals surface area contributed by atoms with Crippen molar-refractivity contribution in [3.8, 4) is 0 Å². The highest BCUT2D eigenvalue weighted by molar-refractivity contribution is 6.31. The number of hydrogen-bond donors (Lipinski definition) is 2. The molecule has 1 atom stereocenters. The maximum Gasteiger partial charge on any atom is 0.130 e. The molecule has 21 heavy (non-hydrogen) atoms. The summed E-state index contributed by atoms with van der Waals surface area (Å²) in [4.78, 5) is 8.57. The number of anilines is 2. The average molecular weight is 325 g/mol. The summed E-state index contributed by atoms with van der Waals surface area (Å²) in [6.45, 7) is 2.24. The van der Waals surface area contributed by atoms with Gasteiger partial charge in [-0.05, 0) is 18.2 Å². The molecule has 2 aromatic heterocycles. The number of rotatable bonds is 3. The fraction of sp³-hybridized carbons (Fsp3) is 0.286. The largest absolute Gasteiger partial charge is 0.369 e. The molecule has 1 aliphatic heterocycles. The molecule has 1 fully saturated rings. The van der Waals surface area contributed by atoms with Crippen LogP contribution in [0, 0.1) is 0 Å². The summed E-state index contributed by atoms with van der Waals surface area (Å²) in [6.07, 6.45) is 3.19. The number of hydrogen-bond acceptors (Lipinski definition) is 5. The lowest BCUT2D eigenvalue weighted by molar-refractivity contribution is 0.0251. The average Bonchev–Trinajstić information content (AvgIpc) is 2.51. The molecule has 3 heterocycles. The van der Waals surface area contributed by atoms with Crippen molar-refractivity contribution in [1.82, 2.24) is 15.3 Å². The first kappa shape index (κ1) is 14.5. The minimum absolute atomic E-state index is 0.103. The van der Waals surface area contributed by atoms with Crippen LogP contribution in [0.4, 0.5) is 11.5 Å². The second-order valence-corrected chi connectivity index (χ2v) is 5.48. The first-order valence-electron chi connectivity index (χ1n) is 6.59. The third-order valence-corrected chi connectivity index (χ3v) is 3.63. The Balaban J connectivity index is 1.75. The molecule has 0 radical (unpaired) electrons. The molecule has 0 aliphatic carbocycles. The molecule has 0 unspecified atom stereocenters. The van der Waals surface area contributed by atoms with Gasteiger partial charge in [0.05, 0.1) is 34.2 Å². The molecule has 0 aromatic carbocycles. The molecule has 2 aromatic rings. The molecule has 3 rings (SSSR count). The van der Waals surface area contributed by atoms with Gasteiger partial charge in [0.25, 0.3) is 0 Å². The van der Waals surface area contributed by atoms with Gasteiger partial charge in [-0.3, -0.25) is 4.98 Å². The van der Waals surface area contributed by atoms with Crippen molar-refractivity contribution < 1.29 is 4.74 Å². The number of nitrogens with zero attached hydrogens (tertiary/aromatic N) is 2. The minimum atomic E-state index is -0.103. The highest BCUT2D eigenvalue weighted by Crippen LogP contribution is 2.27. The Morgan fingerprint density at radius 1 is 1.24 bits per heavy atom. The Morgan fingerprint density at radius 2 is 2.14 bits per heavy atom. The molecule has 0 amide bonds. The first-order chi connectivity index (χ1) is 10.2. The topological polar surface area (TPSA) is 59.1 Å². The van der Waals surface area contributed by atoms with Crippen molar-refractivity contribution in [3.63, 3.8) is 0 Å². The van der Waals surface area contributed by atoms with Gasteiger partial charge in [-0.1, -0.05) is 23.2 Å². The van der Waals surface area contributed by atoms with Crippen LogP contribution in [0.1, 0.15) is 11.8 Å². The second kappa shape index (κ2) is 6.58. The zero-order valence-corrected chi connectivity index (χ0v) is 12.7. The van der Waals surface area contributed by atoms with Crippen LogP contribution in [0.15, 0.2) is 30.6 Å². The van der Waals surface area contributed by atoms with Crippen molar-refractivity contribution in [2.75, 3.05) is 25.0 Å². The molecule has 0 saturated carbocycles. The normalized spacial score (nSPS) is 18.5. The van der Waals surface area contributed by atoms with E-state index in [0.29, 0.717) is 22.5 Å². The van der Waals surface area contributed by atoms with E-state index in [9.17, 15) is 0 Å². The zero-order valence-electron chi connectivity index (χ0n) is 11.1. The van der Waals surface area contributed by atoms with Gasteiger partial charge in [-0.25, -0.2) is 4.98 Å². The van der Waals surface area contributed by atoms with E-state index in [1.807, 2.05) is 6.07 Å². The molecule has 110 valence electrons. The fourth-order valence-corrected chi connectivity index (χ4v) is 2.49. The third kappa shape index (κ3) is 3.63. The number of nitrogens with one attached hydrogen (secondary N) is 2. The van der Waals surface area contributed by atoms with E-state index in [4.69, 9.17) is 27.9 Å². The van der Waals surface area contributed by atoms with Gasteiger partial charge >= 0.3 is 0 Å². The molecule has 1 aliphatic rings. The van der Waals surface area contributed by atoms with Gasteiger partial charge in [-0.2, -0.15) is 0 Å². The lowest BCUT2D eigenvalue weighted by Gasteiger charge is -2.24. The van der Waals surface area contributed by atoms with Crippen LogP contribution in [0.5, 0.6) is 0 Å². The summed E-state index contributed by atoms with van der Waals surface area (Å²) in [5.74, 6) is 0.681. The summed E-state index contributed by atoms with van der Waals surface area (Å²) in [5.41, 5.74) is 1.51. The van der Waals surface area contributed by atoms with Crippen molar-refractivity contribution in [1.29, 1.82) is 0 Å². The van der Waals surface area contributed by atoms with Gasteiger partial charge in [-0.15, -0.1) is 0 Å². The van der Waals surface area contributed by atoms with E-state index in [-0.39, 0.29) is 6.10 Å². The molecular weight excluding hydrogens is 311 g/mol. The standard InChI is InChI=1S/C14H14Cl2N4O/c15-9-1-2-13(18-6-9)20-10-5-11(16)14(19-7-10)12-8-17-3-4-21-12/h1-2,5-7,12,17H,3-4,8H2,(H,18,20)/t12-/m0/s1. The van der Waals surface area contributed by atoms with Crippen LogP contribution < -0.4 is 10.6 Å². The van der Waals surface area contributed by atoms with Crippen LogP contribution in [0.25, 0.3) is 0 Å². The van der Waals surface area contributed by atoms with Gasteiger partial charge in [0, 0.05) is 19.3 Å². The zero-order chi connectivity index (χ0) is 14.7. The van der Waals surface area contributed by atoms with Gasteiger partial charge in [0.15, 0.2) is 0 Å². The van der Waals surface area contributed by atoms with Crippen LogP contribution in [0.3, 0.4) is 0 Å². The second-order valence-electron chi connectivity index (χ2n) is 4.64. The third-order valence-electron chi connectivity index (χ3n) is 3.10. The molecule has 1 saturated heterocycles. The number of pyridine rings is 2. The smallest absolute Gasteiger partial charge is 0.130 e. The molecular formula is C14H14Cl2N4O. The molecule has 0 bridgehead atoms. The SMILES string of the molecule is Clc1ccc(Nc2cnc([C@@H]3CNCCO3)c(Cl)c2)nc1. The minimum Gasteiger partial charge on any atom is -0.369 e. The van der Waals surface area contributed by atoms with Gasteiger partial charge in [0.2, 0.25) is 0 Å². The number of ether oxygens (including phenoxy) is 1. The molecule has 2 N–H and O–H groups in total. The first-order valence-corrected chi connectivity index (χ1v) is 7.34. The van der Waals surface area contributed by atoms with Crippen molar-refractivity contribution in [2.45, 2.75) is 6.10 Å². The van der Waals surface area contributed by atoms with Gasteiger partial charge in [0.1, 0.15) is 11.9 Å².